The number of hydrogen-bond donors (Lipinski definition) is 1. The fraction of sp³-hybridized carbons (Fsp3) is 0.600. The van der Waals surface area contributed by atoms with Crippen molar-refractivity contribution >= 4 is 15.9 Å². The van der Waals surface area contributed by atoms with Crippen molar-refractivity contribution < 1.29 is 0 Å². The van der Waals surface area contributed by atoms with Crippen LogP contribution in [0.25, 0.3) is 0 Å². The van der Waals surface area contributed by atoms with Crippen LogP contribution < -0.4 is 5.32 Å². The smallest absolute Gasteiger partial charge is 0.0175 e. The zero-order valence-electron chi connectivity index (χ0n) is 11.0. The van der Waals surface area contributed by atoms with Gasteiger partial charge in [0.2, 0.25) is 0 Å². The van der Waals surface area contributed by atoms with Gasteiger partial charge in [0, 0.05) is 10.5 Å². The van der Waals surface area contributed by atoms with Gasteiger partial charge >= 0.3 is 0 Å². The summed E-state index contributed by atoms with van der Waals surface area (Å²) in [6.45, 7) is 8.02. The van der Waals surface area contributed by atoms with Crippen LogP contribution >= 0.6 is 15.9 Å². The maximum Gasteiger partial charge on any atom is 0.0175 e. The Labute approximate surface area is 113 Å². The van der Waals surface area contributed by atoms with Gasteiger partial charge in [-0.2, -0.15) is 0 Å². The van der Waals surface area contributed by atoms with E-state index in [0.29, 0.717) is 17.4 Å². The molecule has 0 aromatic heterocycles. The molecular formula is C15H22BrN. The van der Waals surface area contributed by atoms with Crippen molar-refractivity contribution in [2.75, 3.05) is 6.54 Å². The Morgan fingerprint density at radius 2 is 1.94 bits per heavy atom. The number of nitrogens with one attached hydrogen (secondary N) is 1. The highest BCUT2D eigenvalue weighted by atomic mass is 79.9. The van der Waals surface area contributed by atoms with Crippen LogP contribution in [-0.2, 0) is 0 Å². The minimum atomic E-state index is 0.420. The van der Waals surface area contributed by atoms with Gasteiger partial charge in [0.1, 0.15) is 0 Å². The number of rotatable bonds is 4. The van der Waals surface area contributed by atoms with Gasteiger partial charge in [-0.1, -0.05) is 48.8 Å². The van der Waals surface area contributed by atoms with Gasteiger partial charge in [0.15, 0.2) is 0 Å². The summed E-state index contributed by atoms with van der Waals surface area (Å²) >= 11 is 3.50. The maximum absolute atomic E-state index is 3.63. The highest BCUT2D eigenvalue weighted by Crippen LogP contribution is 2.54. The first-order chi connectivity index (χ1) is 8.11. The minimum Gasteiger partial charge on any atom is -0.314 e. The zero-order valence-corrected chi connectivity index (χ0v) is 12.5. The summed E-state index contributed by atoms with van der Waals surface area (Å²) in [5.41, 5.74) is 1.91. The molecule has 0 spiro atoms. The third kappa shape index (κ3) is 2.30. The summed E-state index contributed by atoms with van der Waals surface area (Å²) in [6, 6.07) is 9.54. The Morgan fingerprint density at radius 1 is 1.29 bits per heavy atom. The summed E-state index contributed by atoms with van der Waals surface area (Å²) in [7, 11) is 0. The van der Waals surface area contributed by atoms with E-state index in [4.69, 9.17) is 0 Å². The Morgan fingerprint density at radius 3 is 2.47 bits per heavy atom. The van der Waals surface area contributed by atoms with Crippen molar-refractivity contribution in [1.29, 1.82) is 0 Å². The third-order valence-electron chi connectivity index (χ3n) is 4.55. The molecule has 1 aromatic rings. The molecule has 1 N–H and O–H groups in total. The van der Waals surface area contributed by atoms with Crippen molar-refractivity contribution in [3.63, 3.8) is 0 Å². The number of benzene rings is 1. The van der Waals surface area contributed by atoms with Crippen LogP contribution in [-0.4, -0.2) is 12.6 Å². The highest BCUT2D eigenvalue weighted by Gasteiger charge is 2.50. The molecule has 1 aliphatic carbocycles. The molecule has 17 heavy (non-hydrogen) atoms. The van der Waals surface area contributed by atoms with E-state index in [1.807, 2.05) is 0 Å². The normalized spacial score (nSPS) is 32.2. The van der Waals surface area contributed by atoms with E-state index in [0.717, 1.165) is 6.54 Å². The van der Waals surface area contributed by atoms with Gasteiger partial charge < -0.3 is 5.32 Å². The lowest BCUT2D eigenvalue weighted by Crippen LogP contribution is -2.56. The van der Waals surface area contributed by atoms with E-state index >= 15 is 0 Å². The van der Waals surface area contributed by atoms with Crippen LogP contribution in [0.5, 0.6) is 0 Å². The average Bonchev–Trinajstić information content (AvgIpc) is 2.34. The highest BCUT2D eigenvalue weighted by molar-refractivity contribution is 9.10. The van der Waals surface area contributed by atoms with Gasteiger partial charge in [0.05, 0.1) is 0 Å². The molecule has 0 heterocycles. The third-order valence-corrected chi connectivity index (χ3v) is 5.08. The molecule has 2 rings (SSSR count). The van der Waals surface area contributed by atoms with Crippen molar-refractivity contribution in [2.24, 2.45) is 5.41 Å². The summed E-state index contributed by atoms with van der Waals surface area (Å²) in [4.78, 5) is 0. The standard InChI is InChI=1S/C15H22BrN/c1-4-15(3)13(10-14(15)17-5-2)11-6-8-12(16)9-7-11/h6-9,13-14,17H,4-5,10H2,1-3H3. The van der Waals surface area contributed by atoms with Crippen LogP contribution in [0.3, 0.4) is 0 Å². The molecule has 0 amide bonds. The lowest BCUT2D eigenvalue weighted by molar-refractivity contribution is 0.0455. The average molecular weight is 296 g/mol. The van der Waals surface area contributed by atoms with Crippen LogP contribution in [0.1, 0.15) is 45.1 Å². The first kappa shape index (κ1) is 13.1. The quantitative estimate of drug-likeness (QED) is 0.872. The molecule has 1 aliphatic rings. The van der Waals surface area contributed by atoms with Gasteiger partial charge in [-0.15, -0.1) is 0 Å². The van der Waals surface area contributed by atoms with E-state index in [-0.39, 0.29) is 0 Å². The van der Waals surface area contributed by atoms with Crippen molar-refractivity contribution in [3.8, 4) is 0 Å². The molecule has 2 heteroatoms. The topological polar surface area (TPSA) is 12.0 Å². The van der Waals surface area contributed by atoms with Crippen molar-refractivity contribution in [1.82, 2.24) is 5.32 Å². The maximum atomic E-state index is 3.63. The van der Waals surface area contributed by atoms with E-state index < -0.39 is 0 Å². The van der Waals surface area contributed by atoms with Gasteiger partial charge in [0.25, 0.3) is 0 Å². The monoisotopic (exact) mass is 295 g/mol. The largest absolute Gasteiger partial charge is 0.314 e. The fourth-order valence-electron chi connectivity index (χ4n) is 3.12. The first-order valence-corrected chi connectivity index (χ1v) is 7.40. The molecule has 1 aromatic carbocycles. The molecule has 1 saturated carbocycles. The van der Waals surface area contributed by atoms with Crippen LogP contribution in [0.2, 0.25) is 0 Å². The van der Waals surface area contributed by atoms with E-state index in [9.17, 15) is 0 Å². The molecule has 1 nitrogen and oxygen atoms in total. The lowest BCUT2D eigenvalue weighted by Gasteiger charge is -2.55. The molecule has 3 atom stereocenters. The Kier molecular flexibility index (Phi) is 3.94. The minimum absolute atomic E-state index is 0.420. The molecule has 0 radical (unpaired) electrons. The number of halogens is 1. The Hall–Kier alpha value is -0.340. The summed E-state index contributed by atoms with van der Waals surface area (Å²) in [5, 5.41) is 3.63. The number of hydrogen-bond acceptors (Lipinski definition) is 1. The van der Waals surface area contributed by atoms with Gasteiger partial charge in [-0.05, 0) is 48.4 Å². The predicted octanol–water partition coefficient (Wildman–Crippen LogP) is 4.33. The molecule has 0 bridgehead atoms. The Balaban J connectivity index is 2.16. The second kappa shape index (κ2) is 5.11. The van der Waals surface area contributed by atoms with Crippen molar-refractivity contribution in [3.05, 3.63) is 34.3 Å². The second-order valence-corrected chi connectivity index (χ2v) is 6.23. The Bertz CT molecular complexity index is 373. The molecule has 0 saturated heterocycles. The molecular weight excluding hydrogens is 274 g/mol. The van der Waals surface area contributed by atoms with Crippen LogP contribution in [0.4, 0.5) is 0 Å². The summed E-state index contributed by atoms with van der Waals surface area (Å²) in [6.07, 6.45) is 2.52. The molecule has 3 unspecified atom stereocenters. The molecule has 94 valence electrons. The fourth-order valence-corrected chi connectivity index (χ4v) is 3.39. The zero-order chi connectivity index (χ0) is 12.5. The lowest BCUT2D eigenvalue weighted by atomic mass is 9.54. The second-order valence-electron chi connectivity index (χ2n) is 5.31. The predicted molar refractivity (Wildman–Crippen MR) is 77.4 cm³/mol. The van der Waals surface area contributed by atoms with Crippen LogP contribution in [0.15, 0.2) is 28.7 Å². The van der Waals surface area contributed by atoms with E-state index in [2.05, 4.69) is 66.3 Å². The SMILES string of the molecule is CCNC1CC(c2ccc(Br)cc2)C1(C)CC. The van der Waals surface area contributed by atoms with E-state index in [1.54, 1.807) is 0 Å². The summed E-state index contributed by atoms with van der Waals surface area (Å²) < 4.78 is 1.17. The van der Waals surface area contributed by atoms with Crippen molar-refractivity contribution in [2.45, 2.75) is 45.6 Å². The van der Waals surface area contributed by atoms with Gasteiger partial charge in [-0.3, -0.25) is 0 Å². The van der Waals surface area contributed by atoms with Crippen LogP contribution in [0, 0.1) is 5.41 Å². The van der Waals surface area contributed by atoms with Gasteiger partial charge in [-0.25, -0.2) is 0 Å². The molecule has 0 aliphatic heterocycles. The first-order valence-electron chi connectivity index (χ1n) is 6.60. The molecule has 1 fully saturated rings. The summed E-state index contributed by atoms with van der Waals surface area (Å²) in [5.74, 6) is 0.713. The van der Waals surface area contributed by atoms with E-state index in [1.165, 1.54) is 22.9 Å².